The van der Waals surface area contributed by atoms with E-state index in [2.05, 4.69) is 19.9 Å². The minimum atomic E-state index is -0.329. The highest BCUT2D eigenvalue weighted by molar-refractivity contribution is 5.96. The van der Waals surface area contributed by atoms with Gasteiger partial charge in [0, 0.05) is 68.5 Å². The maximum atomic E-state index is 13.7. The van der Waals surface area contributed by atoms with Crippen molar-refractivity contribution in [3.8, 4) is 34.1 Å². The zero-order chi connectivity index (χ0) is 26.7. The topological polar surface area (TPSA) is 108 Å². The van der Waals surface area contributed by atoms with Crippen molar-refractivity contribution in [1.82, 2.24) is 34.6 Å². The summed E-state index contributed by atoms with van der Waals surface area (Å²) in [4.78, 5) is 22.2. The number of ether oxygens (including phenoxy) is 1. The second-order valence-corrected chi connectivity index (χ2v) is 10.2. The number of phenols is 1. The molecular formula is C28H27FN8O2. The lowest BCUT2D eigenvalue weighted by atomic mass is 9.86. The van der Waals surface area contributed by atoms with Crippen molar-refractivity contribution in [2.24, 2.45) is 7.05 Å². The summed E-state index contributed by atoms with van der Waals surface area (Å²) in [5.41, 5.74) is 3.73. The van der Waals surface area contributed by atoms with Crippen molar-refractivity contribution < 1.29 is 14.2 Å². The third kappa shape index (κ3) is 4.06. The fourth-order valence-corrected chi connectivity index (χ4v) is 5.76. The molecule has 10 nitrogen and oxygen atoms in total. The molecule has 5 aromatic rings. The lowest BCUT2D eigenvalue weighted by Crippen LogP contribution is -2.68. The Morgan fingerprint density at radius 3 is 2.67 bits per heavy atom. The lowest BCUT2D eigenvalue weighted by molar-refractivity contribution is -0.00921. The maximum absolute atomic E-state index is 13.7. The molecule has 0 spiro atoms. The van der Waals surface area contributed by atoms with Crippen LogP contribution in [0.3, 0.4) is 0 Å². The third-order valence-corrected chi connectivity index (χ3v) is 7.76. The van der Waals surface area contributed by atoms with E-state index in [0.29, 0.717) is 41.4 Å². The maximum Gasteiger partial charge on any atom is 0.165 e. The highest BCUT2D eigenvalue weighted by atomic mass is 19.1. The number of rotatable bonds is 6. The summed E-state index contributed by atoms with van der Waals surface area (Å²) >= 11 is 0. The van der Waals surface area contributed by atoms with Crippen LogP contribution in [0.5, 0.6) is 11.5 Å². The number of phenolic OH excluding ortho intramolecular Hbond substituents is 1. The number of H-pyrrole nitrogens is 1. The molecule has 11 heteroatoms. The van der Waals surface area contributed by atoms with Crippen LogP contribution in [-0.4, -0.2) is 72.0 Å². The highest BCUT2D eigenvalue weighted by Gasteiger charge is 2.44. The van der Waals surface area contributed by atoms with Crippen LogP contribution in [0.2, 0.25) is 0 Å². The number of piperazine rings is 1. The van der Waals surface area contributed by atoms with Gasteiger partial charge in [-0.05, 0) is 36.8 Å². The van der Waals surface area contributed by atoms with Gasteiger partial charge in [-0.1, -0.05) is 0 Å². The van der Waals surface area contributed by atoms with Crippen molar-refractivity contribution >= 4 is 16.9 Å². The van der Waals surface area contributed by atoms with E-state index in [1.165, 1.54) is 18.2 Å². The standard InChI is InChI=1S/C28H27FN8O2/c1-35-12-18(10-32-35)27-33-26(25-23(39-2)11-31-28(25)34-27)16-3-6-24(30-9-16)36-14-20-8-21(15-36)37(20)13-17-7-19(29)4-5-22(17)38/h3-7,9-12,20-21,38H,8,13-15H2,1-2H3,(H,31,33,34). The molecule has 1 aromatic carbocycles. The summed E-state index contributed by atoms with van der Waals surface area (Å²) in [7, 11) is 3.49. The number of methoxy groups -OCH3 is 1. The Morgan fingerprint density at radius 1 is 1.10 bits per heavy atom. The molecule has 3 fully saturated rings. The number of piperidine rings is 1. The SMILES string of the molecule is COc1c[nH]c2nc(-c3cnn(C)c3)nc(-c3ccc(N4CC5CC(C4)N5Cc4cc(F)ccc4O)nc3)c12. The van der Waals surface area contributed by atoms with Gasteiger partial charge in [0.25, 0.3) is 0 Å². The third-order valence-electron chi connectivity index (χ3n) is 7.76. The van der Waals surface area contributed by atoms with Crippen LogP contribution in [0.25, 0.3) is 33.7 Å². The van der Waals surface area contributed by atoms with Crippen LogP contribution in [0.15, 0.2) is 55.1 Å². The molecule has 4 aromatic heterocycles. The molecule has 198 valence electrons. The zero-order valence-electron chi connectivity index (χ0n) is 21.5. The van der Waals surface area contributed by atoms with E-state index in [4.69, 9.17) is 19.7 Å². The summed E-state index contributed by atoms with van der Waals surface area (Å²) < 4.78 is 21.0. The van der Waals surface area contributed by atoms with Crippen molar-refractivity contribution in [1.29, 1.82) is 0 Å². The number of hydrogen-bond acceptors (Lipinski definition) is 8. The quantitative estimate of drug-likeness (QED) is 0.345. The molecule has 0 saturated carbocycles. The first-order valence-electron chi connectivity index (χ1n) is 12.8. The van der Waals surface area contributed by atoms with Crippen molar-refractivity contribution in [2.45, 2.75) is 25.0 Å². The molecule has 3 saturated heterocycles. The Hall–Kier alpha value is -4.51. The van der Waals surface area contributed by atoms with Crippen LogP contribution in [0, 0.1) is 5.82 Å². The number of aryl methyl sites for hydroxylation is 1. The predicted molar refractivity (Wildman–Crippen MR) is 144 cm³/mol. The minimum Gasteiger partial charge on any atom is -0.508 e. The number of pyridine rings is 1. The van der Waals surface area contributed by atoms with Gasteiger partial charge < -0.3 is 19.7 Å². The van der Waals surface area contributed by atoms with Crippen molar-refractivity contribution in [3.05, 3.63) is 66.5 Å². The molecule has 2 N–H and O–H groups in total. The highest BCUT2D eigenvalue weighted by Crippen LogP contribution is 2.38. The van der Waals surface area contributed by atoms with Gasteiger partial charge in [0.05, 0.1) is 30.0 Å². The van der Waals surface area contributed by atoms with E-state index in [1.807, 2.05) is 31.6 Å². The summed E-state index contributed by atoms with van der Waals surface area (Å²) in [6, 6.07) is 8.86. The van der Waals surface area contributed by atoms with Crippen LogP contribution >= 0.6 is 0 Å². The first kappa shape index (κ1) is 23.6. The smallest absolute Gasteiger partial charge is 0.165 e. The molecule has 0 amide bonds. The normalized spacial score (nSPS) is 18.9. The van der Waals surface area contributed by atoms with Gasteiger partial charge in [0.1, 0.15) is 28.8 Å². The number of fused-ring (bicyclic) bond motifs is 3. The average Bonchev–Trinajstić information content (AvgIpc) is 3.59. The number of hydrogen-bond donors (Lipinski definition) is 2. The second kappa shape index (κ2) is 9.05. The molecule has 0 aliphatic carbocycles. The van der Waals surface area contributed by atoms with Crippen LogP contribution in [0.4, 0.5) is 10.2 Å². The number of anilines is 1. The number of aromatic nitrogens is 6. The molecule has 2 atom stereocenters. The molecule has 39 heavy (non-hydrogen) atoms. The van der Waals surface area contributed by atoms with E-state index in [-0.39, 0.29) is 11.6 Å². The number of aromatic hydroxyl groups is 1. The summed E-state index contributed by atoms with van der Waals surface area (Å²) in [5, 5.41) is 15.2. The molecule has 3 aliphatic rings. The second-order valence-electron chi connectivity index (χ2n) is 10.2. The Labute approximate surface area is 223 Å². The fraction of sp³-hybridized carbons (Fsp3) is 0.286. The Morgan fingerprint density at radius 2 is 1.95 bits per heavy atom. The van der Waals surface area contributed by atoms with E-state index in [0.717, 1.165) is 47.5 Å². The first-order chi connectivity index (χ1) is 19.0. The van der Waals surface area contributed by atoms with Crippen LogP contribution in [0.1, 0.15) is 12.0 Å². The van der Waals surface area contributed by atoms with Gasteiger partial charge in [0.15, 0.2) is 5.82 Å². The molecule has 0 radical (unpaired) electrons. The fourth-order valence-electron chi connectivity index (χ4n) is 5.76. The number of benzene rings is 1. The summed E-state index contributed by atoms with van der Waals surface area (Å²) in [6.07, 6.45) is 8.35. The monoisotopic (exact) mass is 526 g/mol. The molecule has 2 unspecified atom stereocenters. The van der Waals surface area contributed by atoms with Gasteiger partial charge in [-0.3, -0.25) is 9.58 Å². The molecule has 8 rings (SSSR count). The average molecular weight is 527 g/mol. The van der Waals surface area contributed by atoms with Crippen molar-refractivity contribution in [3.63, 3.8) is 0 Å². The minimum absolute atomic E-state index is 0.139. The number of halogens is 1. The molecule has 3 aliphatic heterocycles. The molecule has 2 bridgehead atoms. The van der Waals surface area contributed by atoms with Gasteiger partial charge in [-0.25, -0.2) is 19.3 Å². The van der Waals surface area contributed by atoms with E-state index in [9.17, 15) is 9.50 Å². The number of nitrogens with zero attached hydrogens (tertiary/aromatic N) is 7. The summed E-state index contributed by atoms with van der Waals surface area (Å²) in [6.45, 7) is 2.20. The lowest BCUT2D eigenvalue weighted by Gasteiger charge is -2.56. The van der Waals surface area contributed by atoms with Gasteiger partial charge in [0.2, 0.25) is 0 Å². The van der Waals surface area contributed by atoms with Crippen LogP contribution < -0.4 is 9.64 Å². The van der Waals surface area contributed by atoms with Crippen LogP contribution in [-0.2, 0) is 13.6 Å². The van der Waals surface area contributed by atoms with E-state index >= 15 is 0 Å². The number of aromatic amines is 1. The van der Waals surface area contributed by atoms with E-state index in [1.54, 1.807) is 24.2 Å². The Balaban J connectivity index is 1.14. The molecule has 7 heterocycles. The zero-order valence-corrected chi connectivity index (χ0v) is 21.5. The van der Waals surface area contributed by atoms with Gasteiger partial charge in [-0.2, -0.15) is 5.10 Å². The predicted octanol–water partition coefficient (Wildman–Crippen LogP) is 3.74. The van der Waals surface area contributed by atoms with Gasteiger partial charge in [-0.15, -0.1) is 0 Å². The van der Waals surface area contributed by atoms with Crippen molar-refractivity contribution in [2.75, 3.05) is 25.1 Å². The van der Waals surface area contributed by atoms with Gasteiger partial charge >= 0.3 is 0 Å². The van der Waals surface area contributed by atoms with E-state index < -0.39 is 0 Å². The number of nitrogens with one attached hydrogen (secondary N) is 1. The summed E-state index contributed by atoms with van der Waals surface area (Å²) in [5.74, 6) is 1.95. The Kier molecular flexibility index (Phi) is 5.48. The first-order valence-corrected chi connectivity index (χ1v) is 12.8. The Bertz CT molecular complexity index is 1670. The molecular weight excluding hydrogens is 499 g/mol. The largest absolute Gasteiger partial charge is 0.508 e.